The fourth-order valence-corrected chi connectivity index (χ4v) is 7.08. The fraction of sp³-hybridized carbons (Fsp3) is 0.323. The number of sulfone groups is 1. The van der Waals surface area contributed by atoms with Gasteiger partial charge in [-0.1, -0.05) is 48.0 Å². The van der Waals surface area contributed by atoms with Crippen LogP contribution in [0.15, 0.2) is 101 Å². The molecule has 0 spiro atoms. The number of hydrogen-bond acceptors (Lipinski definition) is 7. The number of aliphatic hydroxyl groups is 1. The molecule has 3 aromatic rings. The third kappa shape index (κ3) is 6.49. The van der Waals surface area contributed by atoms with Crippen LogP contribution in [0.1, 0.15) is 54.1 Å². The average Bonchev–Trinajstić information content (AvgIpc) is 3.50. The van der Waals surface area contributed by atoms with Crippen LogP contribution in [0.4, 0.5) is 0 Å². The number of carbonyl (C=O) groups is 2. The van der Waals surface area contributed by atoms with Gasteiger partial charge in [0.1, 0.15) is 6.10 Å². The maximum Gasteiger partial charge on any atom is 0.252 e. The molecule has 2 aliphatic carbocycles. The van der Waals surface area contributed by atoms with Gasteiger partial charge in [0.2, 0.25) is 5.78 Å². The first-order valence-corrected chi connectivity index (χ1v) is 15.4. The van der Waals surface area contributed by atoms with Gasteiger partial charge in [0, 0.05) is 30.9 Å². The highest BCUT2D eigenvalue weighted by Crippen LogP contribution is 2.41. The van der Waals surface area contributed by atoms with Crippen LogP contribution in [0, 0.1) is 0 Å². The summed E-state index contributed by atoms with van der Waals surface area (Å²) in [5.41, 5.74) is 3.07. The highest BCUT2D eigenvalue weighted by Gasteiger charge is 2.35. The van der Waals surface area contributed by atoms with Crippen LogP contribution in [0.3, 0.4) is 0 Å². The molecule has 0 bridgehead atoms. The van der Waals surface area contributed by atoms with Gasteiger partial charge in [0.05, 0.1) is 35.7 Å². The number of hydrogen-bond donors (Lipinski definition) is 2. The molecule has 1 heterocycles. The SMILES string of the molecule is O=C1CC2=C(CCCC2)C(CS(=O)(=O)c2ccccc2C(=O)NCCO)=C1O[C@H](Cn1ccnc1)c1ccccc1. The predicted octanol–water partition coefficient (Wildman–Crippen LogP) is 3.93. The lowest BCUT2D eigenvalue weighted by atomic mass is 9.80. The van der Waals surface area contributed by atoms with Crippen molar-refractivity contribution in [2.24, 2.45) is 0 Å². The van der Waals surface area contributed by atoms with Gasteiger partial charge in [-0.2, -0.15) is 0 Å². The number of benzene rings is 2. The average molecular weight is 576 g/mol. The normalized spacial score (nSPS) is 16.4. The summed E-state index contributed by atoms with van der Waals surface area (Å²) in [6, 6.07) is 15.5. The lowest BCUT2D eigenvalue weighted by Gasteiger charge is -2.31. The summed E-state index contributed by atoms with van der Waals surface area (Å²) in [5.74, 6) is -1.23. The molecule has 10 heteroatoms. The maximum absolute atomic E-state index is 14.0. The molecule has 2 N–H and O–H groups in total. The molecule has 0 aliphatic heterocycles. The molecule has 1 amide bonds. The van der Waals surface area contributed by atoms with E-state index in [0.717, 1.165) is 36.0 Å². The van der Waals surface area contributed by atoms with Crippen molar-refractivity contribution in [2.45, 2.75) is 49.6 Å². The number of allylic oxidation sites excluding steroid dienone is 3. The van der Waals surface area contributed by atoms with Crippen molar-refractivity contribution < 1.29 is 27.9 Å². The number of aliphatic hydroxyl groups excluding tert-OH is 1. The lowest BCUT2D eigenvalue weighted by molar-refractivity contribution is -0.119. The Morgan fingerprint density at radius 3 is 2.59 bits per heavy atom. The van der Waals surface area contributed by atoms with Gasteiger partial charge in [0.25, 0.3) is 5.91 Å². The second-order valence-corrected chi connectivity index (χ2v) is 12.2. The van der Waals surface area contributed by atoms with E-state index < -0.39 is 27.6 Å². The first-order valence-electron chi connectivity index (χ1n) is 13.7. The summed E-state index contributed by atoms with van der Waals surface area (Å²) in [6.07, 6.45) is 8.03. The smallest absolute Gasteiger partial charge is 0.252 e. The van der Waals surface area contributed by atoms with Crippen molar-refractivity contribution in [1.82, 2.24) is 14.9 Å². The molecular formula is C31H33N3O6S. The Bertz CT molecular complexity index is 1580. The van der Waals surface area contributed by atoms with Crippen molar-refractivity contribution >= 4 is 21.5 Å². The first kappa shape index (κ1) is 28.5. The van der Waals surface area contributed by atoms with E-state index >= 15 is 0 Å². The van der Waals surface area contributed by atoms with Crippen LogP contribution in [0.2, 0.25) is 0 Å². The highest BCUT2D eigenvalue weighted by atomic mass is 32.2. The van der Waals surface area contributed by atoms with Crippen molar-refractivity contribution in [3.63, 3.8) is 0 Å². The van der Waals surface area contributed by atoms with Gasteiger partial charge in [-0.25, -0.2) is 13.4 Å². The second kappa shape index (κ2) is 12.7. The second-order valence-electron chi connectivity index (χ2n) is 10.2. The van der Waals surface area contributed by atoms with Crippen LogP contribution in [0.5, 0.6) is 0 Å². The molecule has 0 saturated heterocycles. The third-order valence-electron chi connectivity index (χ3n) is 7.41. The summed E-state index contributed by atoms with van der Waals surface area (Å²) in [4.78, 5) is 30.4. The quantitative estimate of drug-likeness (QED) is 0.355. The van der Waals surface area contributed by atoms with Crippen molar-refractivity contribution in [1.29, 1.82) is 0 Å². The number of nitrogens with one attached hydrogen (secondary N) is 1. The molecule has 1 aromatic heterocycles. The summed E-state index contributed by atoms with van der Waals surface area (Å²) in [5, 5.41) is 11.6. The minimum atomic E-state index is -4.08. The van der Waals surface area contributed by atoms with Gasteiger partial charge < -0.3 is 19.7 Å². The van der Waals surface area contributed by atoms with E-state index in [0.29, 0.717) is 18.5 Å². The van der Waals surface area contributed by atoms with Gasteiger partial charge in [-0.15, -0.1) is 0 Å². The molecular weight excluding hydrogens is 542 g/mol. The molecule has 41 heavy (non-hydrogen) atoms. The minimum absolute atomic E-state index is 0.00110. The molecule has 2 aliphatic rings. The van der Waals surface area contributed by atoms with Gasteiger partial charge >= 0.3 is 0 Å². The summed E-state index contributed by atoms with van der Waals surface area (Å²) in [7, 11) is -4.08. The molecule has 0 saturated carbocycles. The Morgan fingerprint density at radius 1 is 1.07 bits per heavy atom. The van der Waals surface area contributed by atoms with Crippen LogP contribution in [-0.4, -0.2) is 53.7 Å². The number of rotatable bonds is 11. The molecule has 214 valence electrons. The van der Waals surface area contributed by atoms with Crippen LogP contribution in [0.25, 0.3) is 0 Å². The number of ether oxygens (including phenoxy) is 1. The number of carbonyl (C=O) groups excluding carboxylic acids is 2. The monoisotopic (exact) mass is 575 g/mol. The Hall–Kier alpha value is -4.02. The molecule has 5 rings (SSSR count). The first-order chi connectivity index (χ1) is 19.9. The Balaban J connectivity index is 1.57. The standard InChI is InChI=1S/C31H33N3O6S/c35-17-15-33-31(37)25-12-6-7-13-29(25)41(38,39)20-26-24-11-5-4-10-23(24)18-27(36)30(26)40-28(19-34-16-14-32-21-34)22-8-2-1-3-9-22/h1-3,6-9,12-14,16,21,28,35H,4-5,10-11,15,17-20H2,(H,33,37)/t28-/m1/s1. The highest BCUT2D eigenvalue weighted by molar-refractivity contribution is 7.91. The minimum Gasteiger partial charge on any atom is -0.480 e. The maximum atomic E-state index is 14.0. The van der Waals surface area contributed by atoms with E-state index in [1.54, 1.807) is 24.7 Å². The Morgan fingerprint density at radius 2 is 1.83 bits per heavy atom. The van der Waals surface area contributed by atoms with Gasteiger partial charge in [-0.05, 0) is 49.0 Å². The Labute approximate surface area is 239 Å². The summed E-state index contributed by atoms with van der Waals surface area (Å²) in [6.45, 7) is 0.106. The van der Waals surface area contributed by atoms with Crippen LogP contribution in [-0.2, 0) is 25.9 Å². The zero-order valence-electron chi connectivity index (χ0n) is 22.7. The molecule has 1 atom stereocenters. The topological polar surface area (TPSA) is 128 Å². The molecule has 0 radical (unpaired) electrons. The van der Waals surface area contributed by atoms with Crippen molar-refractivity contribution in [3.05, 3.63) is 107 Å². The van der Waals surface area contributed by atoms with E-state index in [1.165, 1.54) is 12.1 Å². The zero-order valence-corrected chi connectivity index (χ0v) is 23.5. The molecule has 2 aromatic carbocycles. The van der Waals surface area contributed by atoms with Crippen molar-refractivity contribution in [2.75, 3.05) is 18.9 Å². The Kier molecular flexibility index (Phi) is 8.80. The van der Waals surface area contributed by atoms with Crippen LogP contribution < -0.4 is 5.32 Å². The molecule has 0 unspecified atom stereocenters. The van der Waals surface area contributed by atoms with Gasteiger partial charge in [0.15, 0.2) is 15.6 Å². The van der Waals surface area contributed by atoms with E-state index in [2.05, 4.69) is 10.3 Å². The summed E-state index contributed by atoms with van der Waals surface area (Å²) < 4.78 is 36.3. The summed E-state index contributed by atoms with van der Waals surface area (Å²) >= 11 is 0. The fourth-order valence-electron chi connectivity index (χ4n) is 5.46. The number of imidazole rings is 1. The number of amides is 1. The largest absolute Gasteiger partial charge is 0.480 e. The van der Waals surface area contributed by atoms with E-state index in [9.17, 15) is 18.0 Å². The van der Waals surface area contributed by atoms with E-state index in [-0.39, 0.29) is 41.6 Å². The number of nitrogens with zero attached hydrogens (tertiary/aromatic N) is 2. The predicted molar refractivity (Wildman–Crippen MR) is 153 cm³/mol. The number of Topliss-reactive ketones (excluding diaryl/α,β-unsaturated/α-hetero) is 1. The zero-order chi connectivity index (χ0) is 28.8. The number of aromatic nitrogens is 2. The number of ketones is 1. The lowest BCUT2D eigenvalue weighted by Crippen LogP contribution is -2.29. The van der Waals surface area contributed by atoms with Crippen molar-refractivity contribution in [3.8, 4) is 0 Å². The van der Waals surface area contributed by atoms with Gasteiger partial charge in [-0.3, -0.25) is 9.59 Å². The molecule has 0 fully saturated rings. The molecule has 9 nitrogen and oxygen atoms in total. The third-order valence-corrected chi connectivity index (χ3v) is 9.11. The van der Waals surface area contributed by atoms with Crippen LogP contribution >= 0.6 is 0 Å². The van der Waals surface area contributed by atoms with E-state index in [1.807, 2.05) is 41.1 Å². The van der Waals surface area contributed by atoms with E-state index in [4.69, 9.17) is 9.84 Å².